The van der Waals surface area contributed by atoms with Gasteiger partial charge in [-0.1, -0.05) is 54.6 Å². The Balaban J connectivity index is 2.12. The minimum Gasteiger partial charge on any atom is -0.330 e. The second-order valence-corrected chi connectivity index (χ2v) is 5.63. The predicted octanol–water partition coefficient (Wildman–Crippen LogP) is 4.76. The Hall–Kier alpha value is -1.86. The van der Waals surface area contributed by atoms with Gasteiger partial charge in [-0.3, -0.25) is 0 Å². The Morgan fingerprint density at radius 2 is 1.62 bits per heavy atom. The van der Waals surface area contributed by atoms with Gasteiger partial charge in [0.25, 0.3) is 0 Å². The van der Waals surface area contributed by atoms with Crippen molar-refractivity contribution >= 4 is 12.2 Å². The van der Waals surface area contributed by atoms with Gasteiger partial charge in [-0.15, -0.1) is 0 Å². The molecule has 0 heterocycles. The highest BCUT2D eigenvalue weighted by molar-refractivity contribution is 5.72. The van der Waals surface area contributed by atoms with Crippen LogP contribution in [0.1, 0.15) is 40.7 Å². The zero-order valence-electron chi connectivity index (χ0n) is 13.1. The lowest BCUT2D eigenvalue weighted by Gasteiger charge is -2.05. The third-order valence-corrected chi connectivity index (χ3v) is 3.86. The van der Waals surface area contributed by atoms with Crippen LogP contribution in [0.2, 0.25) is 0 Å². The van der Waals surface area contributed by atoms with Crippen LogP contribution in [0.5, 0.6) is 0 Å². The predicted molar refractivity (Wildman–Crippen MR) is 93.3 cm³/mol. The van der Waals surface area contributed by atoms with Crippen LogP contribution in [0, 0.1) is 13.8 Å². The van der Waals surface area contributed by atoms with Gasteiger partial charge >= 0.3 is 0 Å². The van der Waals surface area contributed by atoms with E-state index < -0.39 is 0 Å². The normalized spacial score (nSPS) is 11.2. The molecule has 0 radical (unpaired) electrons. The highest BCUT2D eigenvalue weighted by Crippen LogP contribution is 2.17. The molecule has 0 aromatic heterocycles. The van der Waals surface area contributed by atoms with Crippen LogP contribution in [0.15, 0.2) is 42.5 Å². The molecular formula is C20H25N. The summed E-state index contributed by atoms with van der Waals surface area (Å²) < 4.78 is 0. The number of hydrogen-bond acceptors (Lipinski definition) is 1. The summed E-state index contributed by atoms with van der Waals surface area (Å²) in [6.07, 6.45) is 7.82. The number of hydrogen-bond donors (Lipinski definition) is 1. The number of rotatable bonds is 6. The molecule has 21 heavy (non-hydrogen) atoms. The molecule has 2 aromatic carbocycles. The van der Waals surface area contributed by atoms with Crippen LogP contribution in [0.3, 0.4) is 0 Å². The third-order valence-electron chi connectivity index (χ3n) is 3.86. The average Bonchev–Trinajstić information content (AvgIpc) is 2.47. The van der Waals surface area contributed by atoms with Crippen LogP contribution < -0.4 is 5.73 Å². The fourth-order valence-electron chi connectivity index (χ4n) is 2.60. The molecule has 1 nitrogen and oxygen atoms in total. The molecule has 0 fully saturated rings. The quantitative estimate of drug-likeness (QED) is 0.599. The highest BCUT2D eigenvalue weighted by atomic mass is 14.5. The zero-order chi connectivity index (χ0) is 15.1. The molecule has 110 valence electrons. The van der Waals surface area contributed by atoms with Crippen molar-refractivity contribution in [3.63, 3.8) is 0 Å². The van der Waals surface area contributed by atoms with Gasteiger partial charge < -0.3 is 5.73 Å². The van der Waals surface area contributed by atoms with Crippen molar-refractivity contribution in [2.24, 2.45) is 5.73 Å². The molecule has 2 N–H and O–H groups in total. The molecule has 0 atom stereocenters. The molecule has 0 spiro atoms. The molecule has 0 aliphatic rings. The molecular weight excluding hydrogens is 254 g/mol. The van der Waals surface area contributed by atoms with Crippen molar-refractivity contribution in [2.45, 2.75) is 33.1 Å². The van der Waals surface area contributed by atoms with E-state index in [9.17, 15) is 0 Å². The second kappa shape index (κ2) is 7.80. The summed E-state index contributed by atoms with van der Waals surface area (Å²) in [6, 6.07) is 15.2. The van der Waals surface area contributed by atoms with Gasteiger partial charge in [0.2, 0.25) is 0 Å². The molecule has 0 aliphatic carbocycles. The van der Waals surface area contributed by atoms with Crippen LogP contribution in [-0.2, 0) is 6.42 Å². The lowest BCUT2D eigenvalue weighted by atomic mass is 10.0. The Labute approximate surface area is 128 Å². The van der Waals surface area contributed by atoms with Crippen molar-refractivity contribution in [3.05, 3.63) is 70.3 Å². The first-order valence-electron chi connectivity index (χ1n) is 7.74. The van der Waals surface area contributed by atoms with E-state index in [4.69, 9.17) is 5.73 Å². The standard InChI is InChI=1S/C20H25N/c1-16-7-5-8-17(2)20(16)13-12-19-11-6-10-18(15-19)9-3-4-14-21/h5-8,10-13,15H,3-4,9,14,21H2,1-2H3. The highest BCUT2D eigenvalue weighted by Gasteiger charge is 1.98. The second-order valence-electron chi connectivity index (χ2n) is 5.63. The molecule has 0 amide bonds. The number of benzene rings is 2. The Morgan fingerprint density at radius 3 is 2.33 bits per heavy atom. The zero-order valence-corrected chi connectivity index (χ0v) is 13.1. The topological polar surface area (TPSA) is 26.0 Å². The van der Waals surface area contributed by atoms with E-state index >= 15 is 0 Å². The maximum Gasteiger partial charge on any atom is -0.00772 e. The van der Waals surface area contributed by atoms with E-state index in [1.54, 1.807) is 0 Å². The fraction of sp³-hybridized carbons (Fsp3) is 0.300. The van der Waals surface area contributed by atoms with Crippen molar-refractivity contribution in [1.82, 2.24) is 0 Å². The maximum absolute atomic E-state index is 5.55. The van der Waals surface area contributed by atoms with Gasteiger partial charge in [0.05, 0.1) is 0 Å². The van der Waals surface area contributed by atoms with Crippen LogP contribution in [-0.4, -0.2) is 6.54 Å². The number of unbranched alkanes of at least 4 members (excludes halogenated alkanes) is 1. The van der Waals surface area contributed by atoms with Crippen molar-refractivity contribution < 1.29 is 0 Å². The van der Waals surface area contributed by atoms with E-state index in [-0.39, 0.29) is 0 Å². The lowest BCUT2D eigenvalue weighted by Crippen LogP contribution is -1.98. The van der Waals surface area contributed by atoms with Crippen LogP contribution in [0.4, 0.5) is 0 Å². The van der Waals surface area contributed by atoms with Gasteiger partial charge in [0.1, 0.15) is 0 Å². The minimum atomic E-state index is 0.784. The summed E-state index contributed by atoms with van der Waals surface area (Å²) in [5, 5.41) is 0. The first kappa shape index (κ1) is 15.5. The molecule has 0 saturated heterocycles. The van der Waals surface area contributed by atoms with Gasteiger partial charge in [0, 0.05) is 0 Å². The summed E-state index contributed by atoms with van der Waals surface area (Å²) in [4.78, 5) is 0. The average molecular weight is 279 g/mol. The Morgan fingerprint density at radius 1 is 0.905 bits per heavy atom. The summed E-state index contributed by atoms with van der Waals surface area (Å²) >= 11 is 0. The van der Waals surface area contributed by atoms with E-state index in [1.165, 1.54) is 34.2 Å². The van der Waals surface area contributed by atoms with E-state index in [2.05, 4.69) is 68.5 Å². The smallest absolute Gasteiger partial charge is 0.00772 e. The Kier molecular flexibility index (Phi) is 5.77. The van der Waals surface area contributed by atoms with Gasteiger partial charge in [-0.2, -0.15) is 0 Å². The molecule has 0 saturated carbocycles. The fourth-order valence-corrected chi connectivity index (χ4v) is 2.60. The minimum absolute atomic E-state index is 0.784. The molecule has 2 rings (SSSR count). The maximum atomic E-state index is 5.55. The van der Waals surface area contributed by atoms with E-state index in [1.807, 2.05) is 0 Å². The van der Waals surface area contributed by atoms with Crippen molar-refractivity contribution in [2.75, 3.05) is 6.54 Å². The first-order valence-corrected chi connectivity index (χ1v) is 7.74. The van der Waals surface area contributed by atoms with Crippen molar-refractivity contribution in [1.29, 1.82) is 0 Å². The Bertz CT molecular complexity index is 591. The van der Waals surface area contributed by atoms with E-state index in [0.29, 0.717) is 0 Å². The number of aryl methyl sites for hydroxylation is 3. The summed E-state index contributed by atoms with van der Waals surface area (Å²) in [7, 11) is 0. The van der Waals surface area contributed by atoms with E-state index in [0.717, 1.165) is 19.4 Å². The number of nitrogens with two attached hydrogens (primary N) is 1. The van der Waals surface area contributed by atoms with Crippen LogP contribution >= 0.6 is 0 Å². The van der Waals surface area contributed by atoms with Crippen LogP contribution in [0.25, 0.3) is 12.2 Å². The third kappa shape index (κ3) is 4.57. The SMILES string of the molecule is Cc1cccc(C)c1C=Cc1cccc(CCCCN)c1. The summed E-state index contributed by atoms with van der Waals surface area (Å²) in [5.74, 6) is 0. The molecule has 0 unspecified atom stereocenters. The molecule has 0 bridgehead atoms. The molecule has 1 heteroatoms. The van der Waals surface area contributed by atoms with Gasteiger partial charge in [0.15, 0.2) is 0 Å². The first-order chi connectivity index (χ1) is 10.2. The van der Waals surface area contributed by atoms with Gasteiger partial charge in [-0.25, -0.2) is 0 Å². The monoisotopic (exact) mass is 279 g/mol. The summed E-state index contributed by atoms with van der Waals surface area (Å²) in [6.45, 7) is 5.11. The van der Waals surface area contributed by atoms with Crippen molar-refractivity contribution in [3.8, 4) is 0 Å². The molecule has 2 aromatic rings. The lowest BCUT2D eigenvalue weighted by molar-refractivity contribution is 0.745. The summed E-state index contributed by atoms with van der Waals surface area (Å²) in [5.41, 5.74) is 12.2. The largest absolute Gasteiger partial charge is 0.330 e. The van der Waals surface area contributed by atoms with Gasteiger partial charge in [-0.05, 0) is 67.5 Å². The molecule has 0 aliphatic heterocycles.